The Bertz CT molecular complexity index is 331. The summed E-state index contributed by atoms with van der Waals surface area (Å²) in [4.78, 5) is 0. The summed E-state index contributed by atoms with van der Waals surface area (Å²) >= 11 is 1.93. The first-order chi connectivity index (χ1) is 7.42. The lowest BCUT2D eigenvalue weighted by Gasteiger charge is -2.00. The fourth-order valence-corrected chi connectivity index (χ4v) is 2.95. The highest BCUT2D eigenvalue weighted by molar-refractivity contribution is 7.99. The van der Waals surface area contributed by atoms with Gasteiger partial charge >= 0.3 is 0 Å². The van der Waals surface area contributed by atoms with Gasteiger partial charge in [0.2, 0.25) is 11.8 Å². The number of aromatic nitrogens is 2. The Morgan fingerprint density at radius 1 is 1.33 bits per heavy atom. The summed E-state index contributed by atoms with van der Waals surface area (Å²) in [6.45, 7) is 0.731. The molecule has 4 nitrogen and oxygen atoms in total. The lowest BCUT2D eigenvalue weighted by atomic mass is 10.2. The highest BCUT2D eigenvalue weighted by Crippen LogP contribution is 2.38. The summed E-state index contributed by atoms with van der Waals surface area (Å²) in [7, 11) is 0. The smallest absolute Gasteiger partial charge is 0.230 e. The van der Waals surface area contributed by atoms with Gasteiger partial charge in [-0.15, -0.1) is 22.0 Å². The van der Waals surface area contributed by atoms with E-state index in [-0.39, 0.29) is 0 Å². The van der Waals surface area contributed by atoms with E-state index in [1.54, 1.807) is 0 Å². The van der Waals surface area contributed by atoms with Crippen LogP contribution in [0.1, 0.15) is 42.7 Å². The van der Waals surface area contributed by atoms with Crippen molar-refractivity contribution in [3.63, 3.8) is 0 Å². The molecule has 0 aromatic carbocycles. The van der Waals surface area contributed by atoms with E-state index in [1.807, 2.05) is 11.8 Å². The third kappa shape index (κ3) is 2.34. The van der Waals surface area contributed by atoms with E-state index in [4.69, 9.17) is 4.42 Å². The highest BCUT2D eigenvalue weighted by atomic mass is 32.2. The third-order valence-electron chi connectivity index (χ3n) is 2.81. The van der Waals surface area contributed by atoms with Crippen molar-refractivity contribution in [3.8, 4) is 0 Å². The van der Waals surface area contributed by atoms with Crippen LogP contribution in [0.15, 0.2) is 4.42 Å². The van der Waals surface area contributed by atoms with Gasteiger partial charge in [-0.1, -0.05) is 0 Å². The van der Waals surface area contributed by atoms with E-state index in [0.717, 1.165) is 18.3 Å². The van der Waals surface area contributed by atoms with Gasteiger partial charge in [0.25, 0.3) is 0 Å². The zero-order chi connectivity index (χ0) is 10.1. The molecule has 1 unspecified atom stereocenters. The van der Waals surface area contributed by atoms with Gasteiger partial charge in [0.15, 0.2) is 0 Å². The van der Waals surface area contributed by atoms with Crippen molar-refractivity contribution in [2.24, 2.45) is 0 Å². The molecule has 0 bridgehead atoms. The van der Waals surface area contributed by atoms with E-state index in [1.165, 1.54) is 31.4 Å². The van der Waals surface area contributed by atoms with Crippen molar-refractivity contribution in [1.29, 1.82) is 0 Å². The first-order valence-corrected chi connectivity index (χ1v) is 6.64. The largest absolute Gasteiger partial charge is 0.423 e. The molecule has 15 heavy (non-hydrogen) atoms. The summed E-state index contributed by atoms with van der Waals surface area (Å²) in [5, 5.41) is 12.0. The molecular weight excluding hydrogens is 210 g/mol. The van der Waals surface area contributed by atoms with Gasteiger partial charge in [0, 0.05) is 6.04 Å². The fourth-order valence-electron chi connectivity index (χ4n) is 1.76. The molecule has 1 saturated carbocycles. The molecule has 0 amide bonds. The monoisotopic (exact) mass is 225 g/mol. The molecule has 1 aliphatic heterocycles. The predicted octanol–water partition coefficient (Wildman–Crippen LogP) is 1.89. The molecule has 2 aliphatic rings. The van der Waals surface area contributed by atoms with Gasteiger partial charge in [-0.25, -0.2) is 0 Å². The standard InChI is InChI=1S/C10H15N3OS/c1-2-8(15-5-1)10-13-12-9(14-10)6-11-7-3-4-7/h7-8,11H,1-6H2. The van der Waals surface area contributed by atoms with Crippen LogP contribution in [-0.4, -0.2) is 22.0 Å². The molecule has 82 valence electrons. The second-order valence-corrected chi connectivity index (χ2v) is 5.50. The summed E-state index contributed by atoms with van der Waals surface area (Å²) in [5.41, 5.74) is 0. The average molecular weight is 225 g/mol. The molecule has 1 aliphatic carbocycles. The van der Waals surface area contributed by atoms with E-state index in [2.05, 4.69) is 15.5 Å². The van der Waals surface area contributed by atoms with Crippen LogP contribution in [0, 0.1) is 0 Å². The number of rotatable bonds is 4. The number of nitrogens with zero attached hydrogens (tertiary/aromatic N) is 2. The number of hydrogen-bond donors (Lipinski definition) is 1. The van der Waals surface area contributed by atoms with Crippen LogP contribution in [-0.2, 0) is 6.54 Å². The molecule has 1 aromatic rings. The third-order valence-corrected chi connectivity index (χ3v) is 4.17. The second kappa shape index (κ2) is 4.14. The maximum atomic E-state index is 5.64. The molecule has 0 spiro atoms. The zero-order valence-electron chi connectivity index (χ0n) is 8.61. The Morgan fingerprint density at radius 2 is 2.27 bits per heavy atom. The molecule has 1 aromatic heterocycles. The van der Waals surface area contributed by atoms with E-state index in [9.17, 15) is 0 Å². The zero-order valence-corrected chi connectivity index (χ0v) is 9.42. The van der Waals surface area contributed by atoms with Crippen LogP contribution < -0.4 is 5.32 Å². The fraction of sp³-hybridized carbons (Fsp3) is 0.800. The molecule has 1 saturated heterocycles. The van der Waals surface area contributed by atoms with Gasteiger partial charge in [-0.05, 0) is 31.4 Å². The number of nitrogens with one attached hydrogen (secondary N) is 1. The van der Waals surface area contributed by atoms with Crippen LogP contribution in [0.2, 0.25) is 0 Å². The number of thioether (sulfide) groups is 1. The van der Waals surface area contributed by atoms with Crippen LogP contribution in [0.4, 0.5) is 0 Å². The minimum atomic E-state index is 0.451. The summed E-state index contributed by atoms with van der Waals surface area (Å²) in [6.07, 6.45) is 5.04. The first-order valence-electron chi connectivity index (χ1n) is 5.59. The molecule has 1 N–H and O–H groups in total. The quantitative estimate of drug-likeness (QED) is 0.848. The lowest BCUT2D eigenvalue weighted by Crippen LogP contribution is -2.15. The first kappa shape index (κ1) is 9.66. The maximum absolute atomic E-state index is 5.64. The van der Waals surface area contributed by atoms with Gasteiger partial charge in [-0.2, -0.15) is 0 Å². The Hall–Kier alpha value is -0.550. The van der Waals surface area contributed by atoms with Crippen molar-refractivity contribution in [3.05, 3.63) is 11.8 Å². The van der Waals surface area contributed by atoms with E-state index in [0.29, 0.717) is 11.3 Å². The Kier molecular flexibility index (Phi) is 2.66. The molecule has 5 heteroatoms. The summed E-state index contributed by atoms with van der Waals surface area (Å²) in [5.74, 6) is 2.79. The molecule has 3 rings (SSSR count). The van der Waals surface area contributed by atoms with Crippen LogP contribution in [0.5, 0.6) is 0 Å². The normalized spacial score (nSPS) is 26.0. The van der Waals surface area contributed by atoms with Crippen molar-refractivity contribution >= 4 is 11.8 Å². The maximum Gasteiger partial charge on any atom is 0.230 e. The summed E-state index contributed by atoms with van der Waals surface area (Å²) < 4.78 is 5.64. The van der Waals surface area contributed by atoms with Gasteiger partial charge in [-0.3, -0.25) is 0 Å². The molecule has 1 atom stereocenters. The summed E-state index contributed by atoms with van der Waals surface area (Å²) in [6, 6.07) is 0.696. The minimum absolute atomic E-state index is 0.451. The molecule has 0 radical (unpaired) electrons. The van der Waals surface area contributed by atoms with Crippen LogP contribution >= 0.6 is 11.8 Å². The van der Waals surface area contributed by atoms with Gasteiger partial charge in [0.05, 0.1) is 11.8 Å². The highest BCUT2D eigenvalue weighted by Gasteiger charge is 2.24. The SMILES string of the molecule is C1CSC(c2nnc(CNC3CC3)o2)C1. The van der Waals surface area contributed by atoms with E-state index >= 15 is 0 Å². The van der Waals surface area contributed by atoms with Crippen molar-refractivity contribution < 1.29 is 4.42 Å². The van der Waals surface area contributed by atoms with Crippen LogP contribution in [0.25, 0.3) is 0 Å². The Balaban J connectivity index is 1.59. The van der Waals surface area contributed by atoms with Crippen LogP contribution in [0.3, 0.4) is 0 Å². The second-order valence-electron chi connectivity index (χ2n) is 4.19. The topological polar surface area (TPSA) is 51.0 Å². The predicted molar refractivity (Wildman–Crippen MR) is 58.6 cm³/mol. The number of hydrogen-bond acceptors (Lipinski definition) is 5. The Labute approximate surface area is 93.2 Å². The van der Waals surface area contributed by atoms with E-state index < -0.39 is 0 Å². The lowest BCUT2D eigenvalue weighted by molar-refractivity contribution is 0.427. The molecular formula is C10H15N3OS. The van der Waals surface area contributed by atoms with Gasteiger partial charge < -0.3 is 9.73 Å². The van der Waals surface area contributed by atoms with Gasteiger partial charge in [0.1, 0.15) is 0 Å². The average Bonchev–Trinajstić information content (AvgIpc) is 2.78. The van der Waals surface area contributed by atoms with Crippen molar-refractivity contribution in [2.75, 3.05) is 5.75 Å². The molecule has 2 heterocycles. The Morgan fingerprint density at radius 3 is 3.00 bits per heavy atom. The molecule has 2 fully saturated rings. The van der Waals surface area contributed by atoms with Crippen molar-refractivity contribution in [2.45, 2.75) is 43.5 Å². The minimum Gasteiger partial charge on any atom is -0.423 e. The van der Waals surface area contributed by atoms with Crippen molar-refractivity contribution in [1.82, 2.24) is 15.5 Å².